The number of sulfonamides is 1. The number of aliphatic carboxylic acids is 1. The number of halogens is 1. The minimum atomic E-state index is -3.90. The summed E-state index contributed by atoms with van der Waals surface area (Å²) in [5, 5.41) is 35.4. The van der Waals surface area contributed by atoms with E-state index in [4.69, 9.17) is 4.98 Å². The minimum Gasteiger partial charge on any atom is -0.550 e. The predicted octanol–water partition coefficient (Wildman–Crippen LogP) is -0.0973. The number of aromatic nitrogens is 3. The summed E-state index contributed by atoms with van der Waals surface area (Å²) in [4.78, 5) is 15.6. The summed E-state index contributed by atoms with van der Waals surface area (Å²) in [5.74, 6) is -1.63. The van der Waals surface area contributed by atoms with E-state index in [0.717, 1.165) is 10.6 Å². The second-order valence-electron chi connectivity index (χ2n) is 9.82. The van der Waals surface area contributed by atoms with Gasteiger partial charge in [0.05, 0.1) is 30.4 Å². The van der Waals surface area contributed by atoms with Gasteiger partial charge in [0.1, 0.15) is 11.6 Å². The molecular formula is C28H34FN4NaO6S. The fraction of sp³-hybridized carbons (Fsp3) is 0.393. The van der Waals surface area contributed by atoms with Gasteiger partial charge in [-0.1, -0.05) is 38.1 Å². The van der Waals surface area contributed by atoms with Crippen molar-refractivity contribution >= 4 is 33.7 Å². The second-order valence-corrected chi connectivity index (χ2v) is 11.7. The number of pyridine rings is 1. The fourth-order valence-corrected chi connectivity index (χ4v) is 5.50. The van der Waals surface area contributed by atoms with Gasteiger partial charge in [-0.05, 0) is 43.0 Å². The van der Waals surface area contributed by atoms with Gasteiger partial charge in [-0.15, -0.1) is 0 Å². The number of aliphatic hydroxyl groups is 2. The van der Waals surface area contributed by atoms with Crippen LogP contribution in [0.1, 0.15) is 56.4 Å². The van der Waals surface area contributed by atoms with Crippen LogP contribution in [0.3, 0.4) is 0 Å². The Balaban J connectivity index is 0.00000588. The molecule has 2 aromatic heterocycles. The van der Waals surface area contributed by atoms with Gasteiger partial charge in [0.25, 0.3) is 0 Å². The van der Waals surface area contributed by atoms with Gasteiger partial charge < -0.3 is 20.1 Å². The molecule has 216 valence electrons. The summed E-state index contributed by atoms with van der Waals surface area (Å²) >= 11 is 0. The van der Waals surface area contributed by atoms with Crippen LogP contribution in [-0.4, -0.2) is 57.8 Å². The maximum Gasteiger partial charge on any atom is 1.00 e. The zero-order valence-corrected chi connectivity index (χ0v) is 26.9. The monoisotopic (exact) mass is 596 g/mol. The molecule has 2 atom stereocenters. The molecule has 2 heterocycles. The Morgan fingerprint density at radius 1 is 1.20 bits per heavy atom. The normalized spacial score (nSPS) is 13.3. The standard InChI is InChI=1S/C28H35FN4O6S.Na/c1-6-32-24(13-14-30-32)33(40(5,38)39)28-18(4)26(19-7-9-20(29)10-8-19)23(27(31-28)17(2)3)12-11-21(34)15-22(35)16-25(36)37;/h7-14,17,21-22,34-35H,6,15-16H2,1-5H3,(H,36,37);/q;+1/p-1/b12-11+;/t21-,22-;/m1./s1. The Labute approximate surface area is 261 Å². The first-order valence-corrected chi connectivity index (χ1v) is 14.7. The Kier molecular flexibility index (Phi) is 12.3. The van der Waals surface area contributed by atoms with Crippen molar-refractivity contribution in [3.63, 3.8) is 0 Å². The van der Waals surface area contributed by atoms with Crippen molar-refractivity contribution in [1.29, 1.82) is 0 Å². The Morgan fingerprint density at radius 2 is 1.83 bits per heavy atom. The third-order valence-corrected chi connectivity index (χ3v) is 7.31. The van der Waals surface area contributed by atoms with Crippen molar-refractivity contribution in [2.24, 2.45) is 0 Å². The van der Waals surface area contributed by atoms with E-state index in [1.54, 1.807) is 31.2 Å². The van der Waals surface area contributed by atoms with Crippen LogP contribution in [0.5, 0.6) is 0 Å². The van der Waals surface area contributed by atoms with Crippen LogP contribution in [0.15, 0.2) is 42.6 Å². The summed E-state index contributed by atoms with van der Waals surface area (Å²) in [5.41, 5.74) is 2.72. The zero-order chi connectivity index (χ0) is 29.8. The third kappa shape index (κ3) is 8.46. The molecule has 0 aliphatic rings. The molecule has 13 heteroatoms. The SMILES string of the molecule is CCn1nccc1N(c1nc(C(C)C)c(/C=C/[C@@H](O)C[C@@H](O)CC(=O)[O-])c(-c2ccc(F)cc2)c1C)S(C)(=O)=O.[Na+]. The van der Waals surface area contributed by atoms with E-state index in [0.29, 0.717) is 40.3 Å². The summed E-state index contributed by atoms with van der Waals surface area (Å²) < 4.78 is 42.9. The molecule has 1 aromatic carbocycles. The predicted molar refractivity (Wildman–Crippen MR) is 149 cm³/mol. The molecule has 0 amide bonds. The number of carboxylic acid groups (broad SMARTS) is 1. The van der Waals surface area contributed by atoms with E-state index in [1.807, 2.05) is 20.8 Å². The van der Waals surface area contributed by atoms with E-state index in [9.17, 15) is 32.9 Å². The number of nitrogens with zero attached hydrogens (tertiary/aromatic N) is 4. The van der Waals surface area contributed by atoms with Crippen LogP contribution in [0, 0.1) is 12.7 Å². The van der Waals surface area contributed by atoms with Gasteiger partial charge in [-0.3, -0.25) is 0 Å². The number of benzene rings is 1. The molecule has 0 unspecified atom stereocenters. The number of carboxylic acids is 1. The van der Waals surface area contributed by atoms with Gasteiger partial charge in [0.2, 0.25) is 10.0 Å². The zero-order valence-electron chi connectivity index (χ0n) is 24.1. The topological polar surface area (TPSA) is 149 Å². The second kappa shape index (κ2) is 14.5. The van der Waals surface area contributed by atoms with Crippen molar-refractivity contribution in [1.82, 2.24) is 14.8 Å². The maximum atomic E-state index is 13.9. The first-order chi connectivity index (χ1) is 18.7. The minimum absolute atomic E-state index is 0. The average molecular weight is 597 g/mol. The first-order valence-electron chi connectivity index (χ1n) is 12.8. The molecule has 0 radical (unpaired) electrons. The van der Waals surface area contributed by atoms with Crippen LogP contribution in [-0.2, 0) is 21.4 Å². The van der Waals surface area contributed by atoms with Crippen LogP contribution in [0.2, 0.25) is 0 Å². The fourth-order valence-electron chi connectivity index (χ4n) is 4.51. The summed E-state index contributed by atoms with van der Waals surface area (Å²) in [6.07, 6.45) is 2.25. The average Bonchev–Trinajstić information content (AvgIpc) is 3.31. The van der Waals surface area contributed by atoms with E-state index in [1.165, 1.54) is 29.1 Å². The molecule has 0 bridgehead atoms. The third-order valence-electron chi connectivity index (χ3n) is 6.29. The Morgan fingerprint density at radius 3 is 2.37 bits per heavy atom. The van der Waals surface area contributed by atoms with E-state index in [-0.39, 0.29) is 47.7 Å². The van der Waals surface area contributed by atoms with Crippen LogP contribution < -0.4 is 39.0 Å². The van der Waals surface area contributed by atoms with Crippen LogP contribution >= 0.6 is 0 Å². The van der Waals surface area contributed by atoms with Crippen LogP contribution in [0.25, 0.3) is 17.2 Å². The molecular weight excluding hydrogens is 562 g/mol. The van der Waals surface area contributed by atoms with Gasteiger partial charge in [-0.2, -0.15) is 5.10 Å². The van der Waals surface area contributed by atoms with Crippen molar-refractivity contribution < 1.29 is 62.5 Å². The first kappa shape index (κ1) is 34.6. The number of aryl methyl sites for hydroxylation is 1. The molecule has 10 nitrogen and oxygen atoms in total. The molecule has 0 aliphatic carbocycles. The quantitative estimate of drug-likeness (QED) is 0.276. The number of hydrogen-bond acceptors (Lipinski definition) is 8. The number of carbonyl (C=O) groups excluding carboxylic acids is 1. The number of carbonyl (C=O) groups is 1. The molecule has 3 rings (SSSR count). The Hall–Kier alpha value is -2.61. The number of hydrogen-bond donors (Lipinski definition) is 2. The molecule has 0 aliphatic heterocycles. The largest absolute Gasteiger partial charge is 1.00 e. The molecule has 0 fully saturated rings. The van der Waals surface area contributed by atoms with Gasteiger partial charge in [0.15, 0.2) is 5.82 Å². The summed E-state index contributed by atoms with van der Waals surface area (Å²) in [6, 6.07) is 7.32. The van der Waals surface area contributed by atoms with E-state index >= 15 is 0 Å². The van der Waals surface area contributed by atoms with Gasteiger partial charge in [0, 0.05) is 42.5 Å². The number of rotatable bonds is 12. The van der Waals surface area contributed by atoms with Crippen molar-refractivity contribution in [3.05, 3.63) is 65.2 Å². The maximum absolute atomic E-state index is 13.9. The molecule has 41 heavy (non-hydrogen) atoms. The molecule has 0 spiro atoms. The van der Waals surface area contributed by atoms with E-state index < -0.39 is 40.4 Å². The van der Waals surface area contributed by atoms with Crippen LogP contribution in [0.4, 0.5) is 16.0 Å². The number of anilines is 2. The number of aliphatic hydroxyl groups excluding tert-OH is 2. The van der Waals surface area contributed by atoms with Crippen molar-refractivity contribution in [3.8, 4) is 11.1 Å². The van der Waals surface area contributed by atoms with Gasteiger partial charge >= 0.3 is 29.6 Å². The summed E-state index contributed by atoms with van der Waals surface area (Å²) in [7, 11) is -3.90. The smallest absolute Gasteiger partial charge is 0.550 e. The van der Waals surface area contributed by atoms with Crippen molar-refractivity contribution in [2.75, 3.05) is 10.6 Å². The van der Waals surface area contributed by atoms with Gasteiger partial charge in [-0.25, -0.2) is 26.8 Å². The molecule has 3 aromatic rings. The molecule has 2 N–H and O–H groups in total. The summed E-state index contributed by atoms with van der Waals surface area (Å²) in [6.45, 7) is 7.73. The van der Waals surface area contributed by atoms with E-state index in [2.05, 4.69) is 5.10 Å². The Bertz CT molecular complexity index is 1490. The molecule has 0 saturated carbocycles. The van der Waals surface area contributed by atoms with Crippen molar-refractivity contribution in [2.45, 2.75) is 65.2 Å². The molecule has 0 saturated heterocycles.